The Morgan fingerprint density at radius 1 is 0.967 bits per heavy atom. The lowest BCUT2D eigenvalue weighted by atomic mass is 10.0. The molecule has 1 fully saturated rings. The molecule has 3 aromatic carbocycles. The van der Waals surface area contributed by atoms with Crippen molar-refractivity contribution < 1.29 is 9.47 Å². The first kappa shape index (κ1) is 21.1. The molecule has 3 aromatic rings. The van der Waals surface area contributed by atoms with Crippen LogP contribution < -0.4 is 10.1 Å². The average Bonchev–Trinajstić information content (AvgIpc) is 2.79. The van der Waals surface area contributed by atoms with Gasteiger partial charge in [-0.15, -0.1) is 0 Å². The summed E-state index contributed by atoms with van der Waals surface area (Å²) in [7, 11) is 0. The molecule has 1 saturated heterocycles. The van der Waals surface area contributed by atoms with Crippen molar-refractivity contribution in [3.8, 4) is 5.75 Å². The standard InChI is InChI=1S/C25H29ClN2O2/c26-22-9-6-20(7-10-22)19-30-25-11-8-21-4-1-2-5-23(21)24(25)18-27-12-3-13-28-14-16-29-17-15-28/h1-2,4-11,27H,3,12-19H2. The van der Waals surface area contributed by atoms with E-state index in [-0.39, 0.29) is 0 Å². The van der Waals surface area contributed by atoms with Crippen molar-refractivity contribution in [2.75, 3.05) is 39.4 Å². The zero-order valence-corrected chi connectivity index (χ0v) is 18.0. The zero-order chi connectivity index (χ0) is 20.6. The van der Waals surface area contributed by atoms with Crippen molar-refractivity contribution >= 4 is 22.4 Å². The number of nitrogens with one attached hydrogen (secondary N) is 1. The van der Waals surface area contributed by atoms with E-state index in [1.807, 2.05) is 24.3 Å². The third-order valence-electron chi connectivity index (χ3n) is 5.54. The van der Waals surface area contributed by atoms with E-state index in [1.54, 1.807) is 0 Å². The van der Waals surface area contributed by atoms with Gasteiger partial charge in [0.2, 0.25) is 0 Å². The normalized spacial score (nSPS) is 14.8. The number of nitrogens with zero attached hydrogens (tertiary/aromatic N) is 1. The van der Waals surface area contributed by atoms with Gasteiger partial charge in [-0.05, 0) is 54.0 Å². The summed E-state index contributed by atoms with van der Waals surface area (Å²) >= 11 is 5.99. The Bertz CT molecular complexity index is 940. The van der Waals surface area contributed by atoms with Crippen LogP contribution in [-0.4, -0.2) is 44.3 Å². The van der Waals surface area contributed by atoms with Gasteiger partial charge in [0.05, 0.1) is 13.2 Å². The fourth-order valence-corrected chi connectivity index (χ4v) is 3.97. The molecule has 0 atom stereocenters. The molecule has 30 heavy (non-hydrogen) atoms. The van der Waals surface area contributed by atoms with Crippen LogP contribution >= 0.6 is 11.6 Å². The molecule has 4 rings (SSSR count). The van der Waals surface area contributed by atoms with Gasteiger partial charge >= 0.3 is 0 Å². The van der Waals surface area contributed by atoms with Gasteiger partial charge in [-0.3, -0.25) is 4.90 Å². The molecule has 1 N–H and O–H groups in total. The maximum absolute atomic E-state index is 6.22. The molecule has 0 saturated carbocycles. The summed E-state index contributed by atoms with van der Waals surface area (Å²) in [6, 6.07) is 20.5. The number of halogens is 1. The van der Waals surface area contributed by atoms with Crippen LogP contribution in [0, 0.1) is 0 Å². The molecule has 0 aliphatic carbocycles. The zero-order valence-electron chi connectivity index (χ0n) is 17.3. The highest BCUT2D eigenvalue weighted by molar-refractivity contribution is 6.30. The highest BCUT2D eigenvalue weighted by Crippen LogP contribution is 2.29. The van der Waals surface area contributed by atoms with Crippen molar-refractivity contribution in [1.82, 2.24) is 10.2 Å². The quantitative estimate of drug-likeness (QED) is 0.496. The minimum absolute atomic E-state index is 0.527. The van der Waals surface area contributed by atoms with Gasteiger partial charge in [0, 0.05) is 30.2 Å². The molecule has 0 bridgehead atoms. The summed E-state index contributed by atoms with van der Waals surface area (Å²) in [5, 5.41) is 6.85. The lowest BCUT2D eigenvalue weighted by Gasteiger charge is -2.26. The summed E-state index contributed by atoms with van der Waals surface area (Å²) in [5.41, 5.74) is 2.32. The Labute approximate surface area is 183 Å². The van der Waals surface area contributed by atoms with Gasteiger partial charge in [0.25, 0.3) is 0 Å². The van der Waals surface area contributed by atoms with E-state index in [0.29, 0.717) is 6.61 Å². The van der Waals surface area contributed by atoms with Crippen LogP contribution in [0.1, 0.15) is 17.5 Å². The number of rotatable bonds is 9. The summed E-state index contributed by atoms with van der Waals surface area (Å²) in [6.07, 6.45) is 1.13. The summed E-state index contributed by atoms with van der Waals surface area (Å²) in [5.74, 6) is 0.935. The van der Waals surface area contributed by atoms with Crippen LogP contribution in [0.5, 0.6) is 5.75 Å². The molecule has 0 spiro atoms. The van der Waals surface area contributed by atoms with E-state index in [2.05, 4.69) is 46.6 Å². The molecule has 0 aromatic heterocycles. The second kappa shape index (κ2) is 10.8. The SMILES string of the molecule is Clc1ccc(COc2ccc3ccccc3c2CNCCCN2CCOCC2)cc1. The topological polar surface area (TPSA) is 33.7 Å². The van der Waals surface area contributed by atoms with E-state index in [9.17, 15) is 0 Å². The van der Waals surface area contributed by atoms with Gasteiger partial charge in [-0.1, -0.05) is 54.1 Å². The molecule has 1 aliphatic heterocycles. The molecule has 0 unspecified atom stereocenters. The average molecular weight is 425 g/mol. The first-order chi connectivity index (χ1) is 14.8. The van der Waals surface area contributed by atoms with Crippen LogP contribution in [0.25, 0.3) is 10.8 Å². The van der Waals surface area contributed by atoms with Crippen molar-refractivity contribution in [3.05, 3.63) is 76.8 Å². The van der Waals surface area contributed by atoms with Crippen LogP contribution in [0.3, 0.4) is 0 Å². The number of ether oxygens (including phenoxy) is 2. The molecule has 4 nitrogen and oxygen atoms in total. The summed E-state index contributed by atoms with van der Waals surface area (Å²) in [6.45, 7) is 7.23. The lowest BCUT2D eigenvalue weighted by Crippen LogP contribution is -2.37. The predicted molar refractivity (Wildman–Crippen MR) is 123 cm³/mol. The molecule has 0 amide bonds. The number of benzene rings is 3. The minimum atomic E-state index is 0.527. The summed E-state index contributed by atoms with van der Waals surface area (Å²) < 4.78 is 11.6. The largest absolute Gasteiger partial charge is 0.489 e. The van der Waals surface area contributed by atoms with E-state index < -0.39 is 0 Å². The van der Waals surface area contributed by atoms with Crippen molar-refractivity contribution in [2.24, 2.45) is 0 Å². The summed E-state index contributed by atoms with van der Waals surface area (Å²) in [4.78, 5) is 2.48. The first-order valence-corrected chi connectivity index (χ1v) is 11.1. The maximum Gasteiger partial charge on any atom is 0.124 e. The van der Waals surface area contributed by atoms with E-state index in [4.69, 9.17) is 21.1 Å². The molecule has 158 valence electrons. The highest BCUT2D eigenvalue weighted by atomic mass is 35.5. The molecule has 5 heteroatoms. The number of hydrogen-bond acceptors (Lipinski definition) is 4. The van der Waals surface area contributed by atoms with Gasteiger partial charge in [0.1, 0.15) is 12.4 Å². The van der Waals surface area contributed by atoms with Crippen LogP contribution in [0.15, 0.2) is 60.7 Å². The van der Waals surface area contributed by atoms with Gasteiger partial charge in [-0.25, -0.2) is 0 Å². The Morgan fingerprint density at radius 3 is 2.60 bits per heavy atom. The van der Waals surface area contributed by atoms with Crippen molar-refractivity contribution in [3.63, 3.8) is 0 Å². The van der Waals surface area contributed by atoms with Gasteiger partial charge in [-0.2, -0.15) is 0 Å². The number of hydrogen-bond donors (Lipinski definition) is 1. The van der Waals surface area contributed by atoms with Crippen molar-refractivity contribution in [1.29, 1.82) is 0 Å². The van der Waals surface area contributed by atoms with E-state index in [1.165, 1.54) is 16.3 Å². The Hall–Kier alpha value is -2.11. The fourth-order valence-electron chi connectivity index (χ4n) is 3.84. The van der Waals surface area contributed by atoms with Crippen LogP contribution in [0.4, 0.5) is 0 Å². The molecular formula is C25H29ClN2O2. The number of fused-ring (bicyclic) bond motifs is 1. The second-order valence-electron chi connectivity index (χ2n) is 7.66. The first-order valence-electron chi connectivity index (χ1n) is 10.7. The van der Waals surface area contributed by atoms with Crippen LogP contribution in [-0.2, 0) is 17.9 Å². The van der Waals surface area contributed by atoms with E-state index in [0.717, 1.165) is 68.7 Å². The molecule has 1 heterocycles. The third-order valence-corrected chi connectivity index (χ3v) is 5.79. The predicted octanol–water partition coefficient (Wildman–Crippen LogP) is 4.88. The van der Waals surface area contributed by atoms with Gasteiger partial charge in [0.15, 0.2) is 0 Å². The Morgan fingerprint density at radius 2 is 1.77 bits per heavy atom. The lowest BCUT2D eigenvalue weighted by molar-refractivity contribution is 0.0374. The van der Waals surface area contributed by atoms with Gasteiger partial charge < -0.3 is 14.8 Å². The highest BCUT2D eigenvalue weighted by Gasteiger charge is 2.11. The maximum atomic E-state index is 6.22. The Balaban J connectivity index is 1.39. The smallest absolute Gasteiger partial charge is 0.124 e. The third kappa shape index (κ3) is 5.73. The number of morpholine rings is 1. The molecule has 1 aliphatic rings. The Kier molecular flexibility index (Phi) is 7.59. The van der Waals surface area contributed by atoms with E-state index >= 15 is 0 Å². The molecular weight excluding hydrogens is 396 g/mol. The minimum Gasteiger partial charge on any atom is -0.489 e. The fraction of sp³-hybridized carbons (Fsp3) is 0.360. The van der Waals surface area contributed by atoms with Crippen LogP contribution in [0.2, 0.25) is 5.02 Å². The monoisotopic (exact) mass is 424 g/mol. The molecule has 0 radical (unpaired) electrons. The second-order valence-corrected chi connectivity index (χ2v) is 8.10. The van der Waals surface area contributed by atoms with Crippen molar-refractivity contribution in [2.45, 2.75) is 19.6 Å².